The number of carbonyl (C=O) groups is 1. The molecule has 0 bridgehead atoms. The number of hydrogen-bond acceptors (Lipinski definition) is 6. The van der Waals surface area contributed by atoms with E-state index in [1.54, 1.807) is 6.92 Å². The van der Waals surface area contributed by atoms with Crippen molar-refractivity contribution >= 4 is 5.97 Å². The van der Waals surface area contributed by atoms with Crippen LogP contribution in [0.3, 0.4) is 0 Å². The van der Waals surface area contributed by atoms with Crippen LogP contribution in [0.15, 0.2) is 24.3 Å². The molecule has 0 amide bonds. The molecule has 0 saturated heterocycles. The van der Waals surface area contributed by atoms with Gasteiger partial charge in [-0.3, -0.25) is 0 Å². The summed E-state index contributed by atoms with van der Waals surface area (Å²) >= 11 is 0. The summed E-state index contributed by atoms with van der Waals surface area (Å²) in [6.45, 7) is 7.47. The molecule has 6 nitrogen and oxygen atoms in total. The van der Waals surface area contributed by atoms with Gasteiger partial charge in [-0.15, -0.1) is 0 Å². The van der Waals surface area contributed by atoms with Crippen LogP contribution in [0.2, 0.25) is 0 Å². The van der Waals surface area contributed by atoms with Gasteiger partial charge in [0.2, 0.25) is 0 Å². The fraction of sp³-hybridized carbons (Fsp3) is 0.682. The predicted molar refractivity (Wildman–Crippen MR) is 104 cm³/mol. The number of hydrogen-bond donors (Lipinski definition) is 4. The molecule has 0 radical (unpaired) electrons. The monoisotopic (exact) mass is 392 g/mol. The van der Waals surface area contributed by atoms with Crippen molar-refractivity contribution in [1.29, 1.82) is 0 Å². The molecule has 0 aromatic heterocycles. The Morgan fingerprint density at radius 1 is 1.11 bits per heavy atom. The highest BCUT2D eigenvalue weighted by atomic mass is 16.6. The molecule has 6 unspecified atom stereocenters. The summed E-state index contributed by atoms with van der Waals surface area (Å²) in [7, 11) is 0. The summed E-state index contributed by atoms with van der Waals surface area (Å²) in [6.07, 6.45) is -0.0625. The molecule has 3 rings (SSSR count). The molecule has 6 heteroatoms. The Balaban J connectivity index is 1.89. The molecule has 1 aromatic carbocycles. The van der Waals surface area contributed by atoms with E-state index in [0.717, 1.165) is 0 Å². The summed E-state index contributed by atoms with van der Waals surface area (Å²) in [5, 5.41) is 42.7. The molecule has 0 aliphatic heterocycles. The number of phenolic OH excluding ortho intramolecular Hbond substituents is 1. The maximum absolute atomic E-state index is 12.6. The smallest absolute Gasteiger partial charge is 0.338 e. The minimum Gasteiger partial charge on any atom is -0.508 e. The van der Waals surface area contributed by atoms with Gasteiger partial charge in [0.1, 0.15) is 17.5 Å². The number of rotatable bonds is 3. The van der Waals surface area contributed by atoms with Gasteiger partial charge in [-0.05, 0) is 61.8 Å². The lowest BCUT2D eigenvalue weighted by molar-refractivity contribution is -0.118. The lowest BCUT2D eigenvalue weighted by atomic mass is 9.68. The van der Waals surface area contributed by atoms with E-state index in [0.29, 0.717) is 19.3 Å². The molecule has 4 N–H and O–H groups in total. The first-order chi connectivity index (χ1) is 12.9. The quantitative estimate of drug-likeness (QED) is 0.589. The number of phenols is 1. The largest absolute Gasteiger partial charge is 0.508 e. The lowest BCUT2D eigenvalue weighted by Crippen LogP contribution is -2.49. The number of aromatic hydroxyl groups is 1. The van der Waals surface area contributed by atoms with Gasteiger partial charge >= 0.3 is 5.97 Å². The maximum Gasteiger partial charge on any atom is 0.338 e. The Kier molecular flexibility index (Phi) is 5.28. The molecule has 6 atom stereocenters. The van der Waals surface area contributed by atoms with Gasteiger partial charge in [0.05, 0.1) is 17.3 Å². The van der Waals surface area contributed by atoms with E-state index in [9.17, 15) is 25.2 Å². The van der Waals surface area contributed by atoms with E-state index in [2.05, 4.69) is 0 Å². The molecule has 2 saturated carbocycles. The highest BCUT2D eigenvalue weighted by molar-refractivity contribution is 5.89. The van der Waals surface area contributed by atoms with Crippen molar-refractivity contribution in [2.75, 3.05) is 0 Å². The highest BCUT2D eigenvalue weighted by Crippen LogP contribution is 2.59. The molecule has 2 fully saturated rings. The van der Waals surface area contributed by atoms with Gasteiger partial charge in [-0.25, -0.2) is 4.79 Å². The second kappa shape index (κ2) is 7.01. The van der Waals surface area contributed by atoms with Crippen molar-refractivity contribution in [2.24, 2.45) is 17.3 Å². The Morgan fingerprint density at radius 3 is 2.29 bits per heavy atom. The van der Waals surface area contributed by atoms with Crippen LogP contribution in [0.25, 0.3) is 0 Å². The Labute approximate surface area is 166 Å². The van der Waals surface area contributed by atoms with Crippen molar-refractivity contribution in [3.8, 4) is 5.75 Å². The van der Waals surface area contributed by atoms with Crippen LogP contribution >= 0.6 is 0 Å². The van der Waals surface area contributed by atoms with Crippen LogP contribution in [0.5, 0.6) is 5.75 Å². The number of benzene rings is 1. The van der Waals surface area contributed by atoms with E-state index in [1.807, 2.05) is 20.8 Å². The fourth-order valence-electron chi connectivity index (χ4n) is 5.35. The van der Waals surface area contributed by atoms with E-state index in [4.69, 9.17) is 4.74 Å². The zero-order valence-electron chi connectivity index (χ0n) is 17.1. The first kappa shape index (κ1) is 21.1. The average Bonchev–Trinajstić information content (AvgIpc) is 2.83. The Hall–Kier alpha value is -1.63. The van der Waals surface area contributed by atoms with Crippen molar-refractivity contribution < 1.29 is 30.0 Å². The summed E-state index contributed by atoms with van der Waals surface area (Å²) in [5.41, 5.74) is -2.61. The van der Waals surface area contributed by atoms with Crippen LogP contribution < -0.4 is 0 Å². The Bertz CT molecular complexity index is 727. The fourth-order valence-corrected chi connectivity index (χ4v) is 5.35. The van der Waals surface area contributed by atoms with E-state index in [-0.39, 0.29) is 23.7 Å². The first-order valence-corrected chi connectivity index (χ1v) is 10.0. The van der Waals surface area contributed by atoms with Crippen LogP contribution in [-0.2, 0) is 4.74 Å². The topological polar surface area (TPSA) is 107 Å². The standard InChI is InChI=1S/C22H32O6/c1-13(2)22(27)10-9-20(3)12-17(21(4,26)11-16(24)18(20)22)28-19(25)14-5-7-15(23)8-6-14/h5-8,13,16-18,23-24,26-27H,9-12H2,1-4H3. The molecule has 2 aliphatic rings. The van der Waals surface area contributed by atoms with Crippen molar-refractivity contribution in [3.05, 3.63) is 29.8 Å². The number of fused-ring (bicyclic) bond motifs is 1. The van der Waals surface area contributed by atoms with Gasteiger partial charge in [0.15, 0.2) is 0 Å². The van der Waals surface area contributed by atoms with E-state index in [1.165, 1.54) is 24.3 Å². The number of aliphatic hydroxyl groups excluding tert-OH is 1. The van der Waals surface area contributed by atoms with E-state index >= 15 is 0 Å². The van der Waals surface area contributed by atoms with E-state index < -0.39 is 40.7 Å². The third kappa shape index (κ3) is 3.53. The van der Waals surface area contributed by atoms with Crippen molar-refractivity contribution in [3.63, 3.8) is 0 Å². The lowest BCUT2D eigenvalue weighted by Gasteiger charge is -2.42. The van der Waals surface area contributed by atoms with Gasteiger partial charge < -0.3 is 25.2 Å². The molecule has 1 aromatic rings. The summed E-state index contributed by atoms with van der Waals surface area (Å²) in [5.74, 6) is -0.965. The summed E-state index contributed by atoms with van der Waals surface area (Å²) in [6, 6.07) is 5.75. The molecule has 0 spiro atoms. The maximum atomic E-state index is 12.6. The normalized spacial score (nSPS) is 40.8. The Morgan fingerprint density at radius 2 is 1.71 bits per heavy atom. The summed E-state index contributed by atoms with van der Waals surface area (Å²) < 4.78 is 5.70. The molecule has 28 heavy (non-hydrogen) atoms. The molecule has 156 valence electrons. The second-order valence-electron chi connectivity index (χ2n) is 9.55. The summed E-state index contributed by atoms with van der Waals surface area (Å²) in [4.78, 5) is 12.6. The van der Waals surface area contributed by atoms with Gasteiger partial charge in [-0.1, -0.05) is 20.8 Å². The predicted octanol–water partition coefficient (Wildman–Crippen LogP) is 2.63. The highest BCUT2D eigenvalue weighted by Gasteiger charge is 2.62. The van der Waals surface area contributed by atoms with Crippen LogP contribution in [0.4, 0.5) is 0 Å². The number of carbonyl (C=O) groups excluding carboxylic acids is 1. The van der Waals surface area contributed by atoms with Crippen LogP contribution in [0.1, 0.15) is 63.7 Å². The number of aliphatic hydroxyl groups is 3. The third-order valence-corrected chi connectivity index (χ3v) is 7.09. The third-order valence-electron chi connectivity index (χ3n) is 7.09. The van der Waals surface area contributed by atoms with Gasteiger partial charge in [0.25, 0.3) is 0 Å². The van der Waals surface area contributed by atoms with Crippen LogP contribution in [-0.4, -0.2) is 49.8 Å². The molecule has 0 heterocycles. The zero-order chi connectivity index (χ0) is 20.9. The minimum atomic E-state index is -1.42. The molecule has 2 aliphatic carbocycles. The minimum absolute atomic E-state index is 0.0236. The number of esters is 1. The number of ether oxygens (including phenoxy) is 1. The SMILES string of the molecule is CC(C)C1(O)CCC2(C)CC(OC(=O)c3ccc(O)cc3)C(C)(O)CC(O)C21. The van der Waals surface area contributed by atoms with Crippen molar-refractivity contribution in [2.45, 2.75) is 76.8 Å². The van der Waals surface area contributed by atoms with Crippen molar-refractivity contribution in [1.82, 2.24) is 0 Å². The molecular weight excluding hydrogens is 360 g/mol. The van der Waals surface area contributed by atoms with Crippen LogP contribution in [0, 0.1) is 17.3 Å². The molecular formula is C22H32O6. The first-order valence-electron chi connectivity index (χ1n) is 10.0. The zero-order valence-corrected chi connectivity index (χ0v) is 17.1. The average molecular weight is 392 g/mol. The van der Waals surface area contributed by atoms with Gasteiger partial charge in [0, 0.05) is 12.3 Å². The second-order valence-corrected chi connectivity index (χ2v) is 9.55. The van der Waals surface area contributed by atoms with Gasteiger partial charge in [-0.2, -0.15) is 0 Å².